The van der Waals surface area contributed by atoms with E-state index in [9.17, 15) is 9.59 Å². The molecule has 0 radical (unpaired) electrons. The van der Waals surface area contributed by atoms with Gasteiger partial charge < -0.3 is 15.5 Å². The SMILES string of the molecule is CCCNC(=O)c1cccc(C(=O)N2CCCC2CNC)c1.Cl. The first-order valence-corrected chi connectivity index (χ1v) is 8.01. The monoisotopic (exact) mass is 339 g/mol. The molecule has 2 amide bonds. The van der Waals surface area contributed by atoms with Crippen LogP contribution in [0.25, 0.3) is 0 Å². The number of hydrogen-bond acceptors (Lipinski definition) is 3. The third kappa shape index (κ3) is 4.94. The number of nitrogens with zero attached hydrogens (tertiary/aromatic N) is 1. The normalized spacial score (nSPS) is 16.8. The van der Waals surface area contributed by atoms with Gasteiger partial charge in [0, 0.05) is 36.8 Å². The first kappa shape index (κ1) is 19.5. The Morgan fingerprint density at radius 2 is 2.04 bits per heavy atom. The lowest BCUT2D eigenvalue weighted by Gasteiger charge is -2.24. The largest absolute Gasteiger partial charge is 0.352 e. The van der Waals surface area contributed by atoms with Crippen LogP contribution in [0.15, 0.2) is 24.3 Å². The Morgan fingerprint density at radius 1 is 1.30 bits per heavy atom. The van der Waals surface area contributed by atoms with Gasteiger partial charge in [-0.15, -0.1) is 12.4 Å². The molecule has 128 valence electrons. The summed E-state index contributed by atoms with van der Waals surface area (Å²) in [6, 6.07) is 7.25. The first-order valence-electron chi connectivity index (χ1n) is 8.01. The Bertz CT molecular complexity index is 536. The van der Waals surface area contributed by atoms with Gasteiger partial charge in [-0.2, -0.15) is 0 Å². The zero-order chi connectivity index (χ0) is 15.9. The van der Waals surface area contributed by atoms with Crippen molar-refractivity contribution in [2.24, 2.45) is 0 Å². The molecular weight excluding hydrogens is 314 g/mol. The predicted molar refractivity (Wildman–Crippen MR) is 94.3 cm³/mol. The predicted octanol–water partition coefficient (Wildman–Crippen LogP) is 2.07. The summed E-state index contributed by atoms with van der Waals surface area (Å²) in [5.74, 6) is -0.104. The minimum absolute atomic E-state index is 0. The number of likely N-dealkylation sites (N-methyl/N-ethyl adjacent to an activating group) is 1. The van der Waals surface area contributed by atoms with Crippen molar-refractivity contribution in [2.75, 3.05) is 26.7 Å². The maximum absolute atomic E-state index is 12.7. The molecule has 2 rings (SSSR count). The van der Waals surface area contributed by atoms with Gasteiger partial charge >= 0.3 is 0 Å². The van der Waals surface area contributed by atoms with Gasteiger partial charge in [0.1, 0.15) is 0 Å². The molecule has 0 aliphatic carbocycles. The first-order chi connectivity index (χ1) is 10.7. The molecule has 0 saturated carbocycles. The molecule has 1 unspecified atom stereocenters. The van der Waals surface area contributed by atoms with Crippen molar-refractivity contribution in [1.82, 2.24) is 15.5 Å². The van der Waals surface area contributed by atoms with E-state index in [0.29, 0.717) is 17.7 Å². The molecule has 1 saturated heterocycles. The molecule has 0 bridgehead atoms. The molecule has 1 atom stereocenters. The minimum atomic E-state index is -0.121. The number of benzene rings is 1. The fourth-order valence-electron chi connectivity index (χ4n) is 2.85. The van der Waals surface area contributed by atoms with Gasteiger partial charge in [0.05, 0.1) is 0 Å². The summed E-state index contributed by atoms with van der Waals surface area (Å²) in [7, 11) is 1.90. The van der Waals surface area contributed by atoms with E-state index < -0.39 is 0 Å². The van der Waals surface area contributed by atoms with Crippen molar-refractivity contribution in [3.05, 3.63) is 35.4 Å². The molecule has 0 spiro atoms. The summed E-state index contributed by atoms with van der Waals surface area (Å²) in [4.78, 5) is 26.6. The minimum Gasteiger partial charge on any atom is -0.352 e. The van der Waals surface area contributed by atoms with Gasteiger partial charge in [-0.3, -0.25) is 9.59 Å². The molecule has 1 aromatic carbocycles. The molecule has 1 heterocycles. The van der Waals surface area contributed by atoms with Crippen LogP contribution in [0.3, 0.4) is 0 Å². The zero-order valence-electron chi connectivity index (χ0n) is 13.8. The highest BCUT2D eigenvalue weighted by Gasteiger charge is 2.28. The van der Waals surface area contributed by atoms with E-state index in [1.165, 1.54) is 0 Å². The maximum atomic E-state index is 12.7. The Hall–Kier alpha value is -1.59. The van der Waals surface area contributed by atoms with Crippen LogP contribution in [0, 0.1) is 0 Å². The lowest BCUT2D eigenvalue weighted by atomic mass is 10.1. The number of halogens is 1. The quantitative estimate of drug-likeness (QED) is 0.834. The van der Waals surface area contributed by atoms with E-state index in [4.69, 9.17) is 0 Å². The van der Waals surface area contributed by atoms with Crippen LogP contribution < -0.4 is 10.6 Å². The summed E-state index contributed by atoms with van der Waals surface area (Å²) >= 11 is 0. The van der Waals surface area contributed by atoms with Crippen LogP contribution in [-0.4, -0.2) is 49.4 Å². The average molecular weight is 340 g/mol. The highest BCUT2D eigenvalue weighted by atomic mass is 35.5. The fourth-order valence-corrected chi connectivity index (χ4v) is 2.85. The highest BCUT2D eigenvalue weighted by molar-refractivity contribution is 5.99. The van der Waals surface area contributed by atoms with Gasteiger partial charge in [0.15, 0.2) is 0 Å². The number of nitrogens with one attached hydrogen (secondary N) is 2. The Balaban J connectivity index is 0.00000264. The van der Waals surface area contributed by atoms with Crippen molar-refractivity contribution < 1.29 is 9.59 Å². The molecule has 5 nitrogen and oxygen atoms in total. The number of carbonyl (C=O) groups excluding carboxylic acids is 2. The van der Waals surface area contributed by atoms with Crippen LogP contribution >= 0.6 is 12.4 Å². The molecule has 2 N–H and O–H groups in total. The molecule has 6 heteroatoms. The topological polar surface area (TPSA) is 61.4 Å². The van der Waals surface area contributed by atoms with Crippen molar-refractivity contribution in [2.45, 2.75) is 32.2 Å². The second-order valence-corrected chi connectivity index (χ2v) is 5.69. The van der Waals surface area contributed by atoms with Crippen molar-refractivity contribution in [1.29, 1.82) is 0 Å². The molecule has 0 aromatic heterocycles. The van der Waals surface area contributed by atoms with Crippen LogP contribution in [0.1, 0.15) is 46.9 Å². The lowest BCUT2D eigenvalue weighted by molar-refractivity contribution is 0.0737. The number of rotatable bonds is 6. The van der Waals surface area contributed by atoms with E-state index in [0.717, 1.165) is 32.4 Å². The van der Waals surface area contributed by atoms with Crippen molar-refractivity contribution >= 4 is 24.2 Å². The number of carbonyl (C=O) groups is 2. The Morgan fingerprint density at radius 3 is 2.74 bits per heavy atom. The summed E-state index contributed by atoms with van der Waals surface area (Å²) in [6.07, 6.45) is 2.96. The van der Waals surface area contributed by atoms with Gasteiger partial charge in [-0.05, 0) is 44.5 Å². The van der Waals surface area contributed by atoms with Crippen molar-refractivity contribution in [3.63, 3.8) is 0 Å². The molecule has 1 aliphatic heterocycles. The van der Waals surface area contributed by atoms with Gasteiger partial charge in [-0.25, -0.2) is 0 Å². The molecular formula is C17H26ClN3O2. The van der Waals surface area contributed by atoms with E-state index >= 15 is 0 Å². The van der Waals surface area contributed by atoms with E-state index in [1.54, 1.807) is 24.3 Å². The second kappa shape index (κ2) is 9.53. The fraction of sp³-hybridized carbons (Fsp3) is 0.529. The number of hydrogen-bond donors (Lipinski definition) is 2. The molecule has 23 heavy (non-hydrogen) atoms. The molecule has 1 fully saturated rings. The van der Waals surface area contributed by atoms with Crippen LogP contribution in [0.4, 0.5) is 0 Å². The van der Waals surface area contributed by atoms with E-state index in [1.807, 2.05) is 18.9 Å². The summed E-state index contributed by atoms with van der Waals surface area (Å²) in [5, 5.41) is 5.98. The smallest absolute Gasteiger partial charge is 0.254 e. The number of likely N-dealkylation sites (tertiary alicyclic amines) is 1. The standard InChI is InChI=1S/C17H25N3O2.ClH/c1-3-9-19-16(21)13-6-4-7-14(11-13)17(22)20-10-5-8-15(20)12-18-2;/h4,6-7,11,15,18H,3,5,8-10,12H2,1-2H3,(H,19,21);1H. The summed E-state index contributed by atoms with van der Waals surface area (Å²) < 4.78 is 0. The highest BCUT2D eigenvalue weighted by Crippen LogP contribution is 2.20. The average Bonchev–Trinajstić information content (AvgIpc) is 3.00. The third-order valence-corrected chi connectivity index (χ3v) is 3.99. The van der Waals surface area contributed by atoms with Crippen LogP contribution in [0.2, 0.25) is 0 Å². The van der Waals surface area contributed by atoms with E-state index in [2.05, 4.69) is 10.6 Å². The van der Waals surface area contributed by atoms with Crippen LogP contribution in [-0.2, 0) is 0 Å². The third-order valence-electron chi connectivity index (χ3n) is 3.99. The van der Waals surface area contributed by atoms with Crippen molar-refractivity contribution in [3.8, 4) is 0 Å². The Kier molecular flexibility index (Phi) is 8.06. The second-order valence-electron chi connectivity index (χ2n) is 5.69. The summed E-state index contributed by atoms with van der Waals surface area (Å²) in [6.45, 7) is 4.25. The van der Waals surface area contributed by atoms with Gasteiger partial charge in [-0.1, -0.05) is 13.0 Å². The van der Waals surface area contributed by atoms with Gasteiger partial charge in [0.25, 0.3) is 11.8 Å². The molecule has 1 aliphatic rings. The lowest BCUT2D eigenvalue weighted by Crippen LogP contribution is -2.40. The Labute approximate surface area is 144 Å². The van der Waals surface area contributed by atoms with Gasteiger partial charge in [0.2, 0.25) is 0 Å². The summed E-state index contributed by atoms with van der Waals surface area (Å²) in [5.41, 5.74) is 1.14. The number of amides is 2. The van der Waals surface area contributed by atoms with Crippen LogP contribution in [0.5, 0.6) is 0 Å². The zero-order valence-corrected chi connectivity index (χ0v) is 14.6. The maximum Gasteiger partial charge on any atom is 0.254 e. The van der Waals surface area contributed by atoms with E-state index in [-0.39, 0.29) is 30.3 Å². The molecule has 1 aromatic rings.